The van der Waals surface area contributed by atoms with Gasteiger partial charge in [-0.25, -0.2) is 4.98 Å². The number of hydrogen-bond donors (Lipinski definition) is 1. The lowest BCUT2D eigenvalue weighted by molar-refractivity contribution is -0.130. The number of carbonyl (C=O) groups is 1. The second kappa shape index (κ2) is 7.40. The van der Waals surface area contributed by atoms with E-state index in [1.165, 1.54) is 16.9 Å². The van der Waals surface area contributed by atoms with Crippen LogP contribution in [-0.2, 0) is 11.2 Å². The number of nitrogens with one attached hydrogen (secondary N) is 1. The molecule has 0 atom stereocenters. The maximum absolute atomic E-state index is 12.2. The van der Waals surface area contributed by atoms with Gasteiger partial charge < -0.3 is 10.2 Å². The number of likely N-dealkylation sites (tertiary alicyclic amines) is 1. The van der Waals surface area contributed by atoms with Crippen LogP contribution in [0.5, 0.6) is 0 Å². The summed E-state index contributed by atoms with van der Waals surface area (Å²) in [6.45, 7) is 2.09. The van der Waals surface area contributed by atoms with Crippen molar-refractivity contribution in [2.45, 2.75) is 19.3 Å². The summed E-state index contributed by atoms with van der Waals surface area (Å²) in [5.74, 6) is 0.867. The molecule has 4 nitrogen and oxygen atoms in total. The van der Waals surface area contributed by atoms with Crippen molar-refractivity contribution in [3.8, 4) is 0 Å². The number of nitrogens with zero attached hydrogens (tertiary/aromatic N) is 2. The smallest absolute Gasteiger partial charge is 0.241 e. The molecular weight excluding hydrogens is 294 g/mol. The Morgan fingerprint density at radius 2 is 2.05 bits per heavy atom. The van der Waals surface area contributed by atoms with E-state index in [4.69, 9.17) is 0 Å². The third kappa shape index (κ3) is 4.07. The van der Waals surface area contributed by atoms with Crippen molar-refractivity contribution in [3.63, 3.8) is 0 Å². The van der Waals surface area contributed by atoms with E-state index in [9.17, 15) is 4.79 Å². The van der Waals surface area contributed by atoms with E-state index < -0.39 is 0 Å². The molecular formula is C17H21N3OS. The van der Waals surface area contributed by atoms with Gasteiger partial charge >= 0.3 is 0 Å². The van der Waals surface area contributed by atoms with Crippen molar-refractivity contribution < 1.29 is 4.79 Å². The molecule has 0 saturated carbocycles. The molecule has 3 rings (SSSR count). The van der Waals surface area contributed by atoms with Crippen molar-refractivity contribution in [3.05, 3.63) is 47.5 Å². The molecule has 22 heavy (non-hydrogen) atoms. The molecule has 116 valence electrons. The summed E-state index contributed by atoms with van der Waals surface area (Å²) in [7, 11) is 0. The van der Waals surface area contributed by atoms with E-state index in [1.807, 2.05) is 10.3 Å². The number of thiazole rings is 1. The van der Waals surface area contributed by atoms with Gasteiger partial charge in [-0.1, -0.05) is 30.3 Å². The lowest BCUT2D eigenvalue weighted by atomic mass is 9.90. The van der Waals surface area contributed by atoms with Crippen LogP contribution < -0.4 is 5.32 Å². The van der Waals surface area contributed by atoms with Crippen molar-refractivity contribution in [1.29, 1.82) is 0 Å². The Balaban J connectivity index is 1.42. The summed E-state index contributed by atoms with van der Waals surface area (Å²) in [6, 6.07) is 10.6. The highest BCUT2D eigenvalue weighted by atomic mass is 32.1. The minimum absolute atomic E-state index is 0.174. The molecule has 2 aromatic rings. The second-order valence-electron chi connectivity index (χ2n) is 5.70. The number of hydrogen-bond acceptors (Lipinski definition) is 4. The number of rotatable bonds is 5. The van der Waals surface area contributed by atoms with Gasteiger partial charge in [0.2, 0.25) is 5.91 Å². The molecule has 1 aliphatic rings. The fourth-order valence-electron chi connectivity index (χ4n) is 2.91. The predicted molar refractivity (Wildman–Crippen MR) is 90.1 cm³/mol. The van der Waals surface area contributed by atoms with Gasteiger partial charge in [0.15, 0.2) is 5.13 Å². The number of aromatic nitrogens is 1. The van der Waals surface area contributed by atoms with E-state index in [-0.39, 0.29) is 5.91 Å². The Bertz CT molecular complexity index is 577. The Kier molecular flexibility index (Phi) is 5.06. The highest BCUT2D eigenvalue weighted by Crippen LogP contribution is 2.21. The first-order valence-electron chi connectivity index (χ1n) is 7.76. The first-order valence-corrected chi connectivity index (χ1v) is 8.64. The summed E-state index contributed by atoms with van der Waals surface area (Å²) < 4.78 is 0. The van der Waals surface area contributed by atoms with E-state index in [1.54, 1.807) is 6.20 Å². The fourth-order valence-corrected chi connectivity index (χ4v) is 3.44. The molecule has 1 aromatic heterocycles. The lowest BCUT2D eigenvalue weighted by Gasteiger charge is -2.32. The van der Waals surface area contributed by atoms with Crippen molar-refractivity contribution >= 4 is 22.4 Å². The first kappa shape index (κ1) is 15.0. The molecule has 2 heterocycles. The molecule has 5 heteroatoms. The van der Waals surface area contributed by atoms with Gasteiger partial charge in [0.05, 0.1) is 6.54 Å². The second-order valence-corrected chi connectivity index (χ2v) is 6.60. The maximum atomic E-state index is 12.2. The van der Waals surface area contributed by atoms with Crippen LogP contribution in [0.3, 0.4) is 0 Å². The zero-order valence-electron chi connectivity index (χ0n) is 12.6. The minimum Gasteiger partial charge on any atom is -0.352 e. The number of piperidine rings is 1. The molecule has 0 spiro atoms. The minimum atomic E-state index is 0.174. The van der Waals surface area contributed by atoms with E-state index in [0.717, 1.165) is 37.5 Å². The third-order valence-corrected chi connectivity index (χ3v) is 4.89. The third-order valence-electron chi connectivity index (χ3n) is 4.16. The van der Waals surface area contributed by atoms with Crippen molar-refractivity contribution in [2.24, 2.45) is 5.92 Å². The van der Waals surface area contributed by atoms with Crippen LogP contribution in [-0.4, -0.2) is 35.4 Å². The van der Waals surface area contributed by atoms with Gasteiger partial charge in [0.1, 0.15) is 0 Å². The monoisotopic (exact) mass is 315 g/mol. The van der Waals surface area contributed by atoms with Crippen LogP contribution >= 0.6 is 11.3 Å². The Morgan fingerprint density at radius 3 is 2.73 bits per heavy atom. The van der Waals surface area contributed by atoms with Gasteiger partial charge in [-0.05, 0) is 30.7 Å². The van der Waals surface area contributed by atoms with Crippen LogP contribution in [0.2, 0.25) is 0 Å². The quantitative estimate of drug-likeness (QED) is 0.922. The number of carbonyl (C=O) groups excluding carboxylic acids is 1. The lowest BCUT2D eigenvalue weighted by Crippen LogP contribution is -2.41. The van der Waals surface area contributed by atoms with Gasteiger partial charge in [-0.3, -0.25) is 4.79 Å². The molecule has 1 fully saturated rings. The summed E-state index contributed by atoms with van der Waals surface area (Å²) in [6.07, 6.45) is 5.06. The molecule has 1 aliphatic heterocycles. The van der Waals surface area contributed by atoms with Crippen LogP contribution in [0.1, 0.15) is 18.4 Å². The van der Waals surface area contributed by atoms with Gasteiger partial charge in [-0.15, -0.1) is 11.3 Å². The SMILES string of the molecule is O=C(CNc1nccs1)N1CCC(Cc2ccccc2)CC1. The first-order chi connectivity index (χ1) is 10.8. The molecule has 1 aromatic carbocycles. The van der Waals surface area contributed by atoms with E-state index >= 15 is 0 Å². The topological polar surface area (TPSA) is 45.2 Å². The summed E-state index contributed by atoms with van der Waals surface area (Å²) >= 11 is 1.52. The van der Waals surface area contributed by atoms with Crippen molar-refractivity contribution in [1.82, 2.24) is 9.88 Å². The zero-order chi connectivity index (χ0) is 15.2. The molecule has 0 unspecified atom stereocenters. The summed E-state index contributed by atoms with van der Waals surface area (Å²) in [5.41, 5.74) is 1.40. The number of benzene rings is 1. The van der Waals surface area contributed by atoms with E-state index in [0.29, 0.717) is 12.5 Å². The maximum Gasteiger partial charge on any atom is 0.241 e. The number of anilines is 1. The zero-order valence-corrected chi connectivity index (χ0v) is 13.4. The van der Waals surface area contributed by atoms with Crippen LogP contribution in [0, 0.1) is 5.92 Å². The van der Waals surface area contributed by atoms with Crippen LogP contribution in [0.4, 0.5) is 5.13 Å². The Labute approximate surface area is 135 Å². The summed E-state index contributed by atoms with van der Waals surface area (Å²) in [4.78, 5) is 18.3. The highest BCUT2D eigenvalue weighted by Gasteiger charge is 2.22. The molecule has 0 radical (unpaired) electrons. The molecule has 1 saturated heterocycles. The number of amides is 1. The normalized spacial score (nSPS) is 15.7. The van der Waals surface area contributed by atoms with E-state index in [2.05, 4.69) is 40.6 Å². The molecule has 1 N–H and O–H groups in total. The van der Waals surface area contributed by atoms with Gasteiger partial charge in [0, 0.05) is 24.7 Å². The van der Waals surface area contributed by atoms with Crippen molar-refractivity contribution in [2.75, 3.05) is 25.0 Å². The summed E-state index contributed by atoms with van der Waals surface area (Å²) in [5, 5.41) is 5.81. The average Bonchev–Trinajstić information content (AvgIpc) is 3.08. The van der Waals surface area contributed by atoms with Crippen LogP contribution in [0.15, 0.2) is 41.9 Å². The van der Waals surface area contributed by atoms with Gasteiger partial charge in [-0.2, -0.15) is 0 Å². The average molecular weight is 315 g/mol. The highest BCUT2D eigenvalue weighted by molar-refractivity contribution is 7.13. The van der Waals surface area contributed by atoms with Gasteiger partial charge in [0.25, 0.3) is 0 Å². The Hall–Kier alpha value is -1.88. The fraction of sp³-hybridized carbons (Fsp3) is 0.412. The largest absolute Gasteiger partial charge is 0.352 e. The molecule has 0 bridgehead atoms. The standard InChI is InChI=1S/C17H21N3OS/c21-16(13-19-17-18-8-11-22-17)20-9-6-15(7-10-20)12-14-4-2-1-3-5-14/h1-5,8,11,15H,6-7,9-10,12-13H2,(H,18,19). The Morgan fingerprint density at radius 1 is 1.27 bits per heavy atom. The predicted octanol–water partition coefficient (Wildman–Crippen LogP) is 3.04. The molecule has 1 amide bonds. The van der Waals surface area contributed by atoms with Crippen LogP contribution in [0.25, 0.3) is 0 Å². The molecule has 0 aliphatic carbocycles.